The first-order valence-electron chi connectivity index (χ1n) is 5.13. The second-order valence-electron chi connectivity index (χ2n) is 3.77. The van der Waals surface area contributed by atoms with Crippen LogP contribution in [0.2, 0.25) is 0 Å². The van der Waals surface area contributed by atoms with Crippen LogP contribution in [0.3, 0.4) is 0 Å². The maximum absolute atomic E-state index is 2.29. The minimum Gasteiger partial charge on any atom is -0.346 e. The molecule has 0 aliphatic rings. The molecule has 0 saturated heterocycles. The lowest BCUT2D eigenvalue weighted by Crippen LogP contribution is -2.25. The third-order valence-electron chi connectivity index (χ3n) is 2.26. The zero-order valence-electron chi connectivity index (χ0n) is 9.49. The molecule has 14 heavy (non-hydrogen) atoms. The van der Waals surface area contributed by atoms with E-state index in [1.807, 2.05) is 6.92 Å². The zero-order chi connectivity index (χ0) is 10.6. The lowest BCUT2D eigenvalue weighted by Gasteiger charge is -2.26. The number of anilines is 1. The minimum atomic E-state index is 0.493. The summed E-state index contributed by atoms with van der Waals surface area (Å²) < 4.78 is 0. The Morgan fingerprint density at radius 1 is 1.21 bits per heavy atom. The van der Waals surface area contributed by atoms with Gasteiger partial charge in [0, 0.05) is 17.9 Å². The summed E-state index contributed by atoms with van der Waals surface area (Å²) in [5.41, 5.74) is 2.61. The molecular weight excluding hydrogens is 170 g/mol. The van der Waals surface area contributed by atoms with Crippen molar-refractivity contribution in [3.8, 4) is 0 Å². The van der Waals surface area contributed by atoms with Gasteiger partial charge in [-0.15, -0.1) is 0 Å². The fraction of sp³-hybridized carbons (Fsp3) is 0.385. The molecule has 0 aliphatic carbocycles. The highest BCUT2D eigenvalue weighted by Crippen LogP contribution is 2.21. The Hall–Kier alpha value is -1.24. The van der Waals surface area contributed by atoms with Crippen LogP contribution < -0.4 is 4.90 Å². The van der Waals surface area contributed by atoms with Crippen LogP contribution in [0.15, 0.2) is 36.5 Å². The number of allylic oxidation sites excluding steroid dienone is 1. The van der Waals surface area contributed by atoms with Crippen molar-refractivity contribution in [3.05, 3.63) is 42.1 Å². The quantitative estimate of drug-likeness (QED) is 0.700. The van der Waals surface area contributed by atoms with Crippen molar-refractivity contribution in [2.24, 2.45) is 0 Å². The number of rotatable bonds is 3. The Kier molecular flexibility index (Phi) is 3.75. The van der Waals surface area contributed by atoms with E-state index in [0.717, 1.165) is 0 Å². The Morgan fingerprint density at radius 2 is 1.86 bits per heavy atom. The van der Waals surface area contributed by atoms with E-state index in [-0.39, 0.29) is 0 Å². The number of aryl methyl sites for hydroxylation is 1. The highest BCUT2D eigenvalue weighted by molar-refractivity contribution is 5.55. The fourth-order valence-electron chi connectivity index (χ4n) is 1.54. The summed E-state index contributed by atoms with van der Waals surface area (Å²) in [5.74, 6) is 0. The summed E-state index contributed by atoms with van der Waals surface area (Å²) in [5, 5.41) is 0. The highest BCUT2D eigenvalue weighted by atomic mass is 15.1. The second-order valence-corrected chi connectivity index (χ2v) is 3.77. The van der Waals surface area contributed by atoms with Gasteiger partial charge in [0.1, 0.15) is 0 Å². The molecule has 1 aromatic rings. The largest absolute Gasteiger partial charge is 0.346 e. The molecule has 76 valence electrons. The number of nitrogens with zero attached hydrogens (tertiary/aromatic N) is 1. The Labute approximate surface area is 87.1 Å². The van der Waals surface area contributed by atoms with Gasteiger partial charge in [0.05, 0.1) is 0 Å². The molecule has 0 fully saturated rings. The average Bonchev–Trinajstić information content (AvgIpc) is 2.15. The van der Waals surface area contributed by atoms with E-state index in [1.54, 1.807) is 0 Å². The Balaban J connectivity index is 3.05. The van der Waals surface area contributed by atoms with Crippen LogP contribution in [-0.4, -0.2) is 6.04 Å². The third kappa shape index (κ3) is 2.38. The summed E-state index contributed by atoms with van der Waals surface area (Å²) in [6.45, 7) is 8.60. The molecule has 0 saturated carbocycles. The van der Waals surface area contributed by atoms with Crippen molar-refractivity contribution in [2.75, 3.05) is 4.90 Å². The number of para-hydroxylation sites is 1. The van der Waals surface area contributed by atoms with E-state index in [4.69, 9.17) is 0 Å². The highest BCUT2D eigenvalue weighted by Gasteiger charge is 2.08. The lowest BCUT2D eigenvalue weighted by molar-refractivity contribution is 0.779. The van der Waals surface area contributed by atoms with E-state index in [9.17, 15) is 0 Å². The Bertz CT molecular complexity index is 313. The van der Waals surface area contributed by atoms with Crippen molar-refractivity contribution in [1.29, 1.82) is 0 Å². The van der Waals surface area contributed by atoms with Crippen LogP contribution in [0.5, 0.6) is 0 Å². The molecule has 0 aliphatic heterocycles. The normalized spacial score (nSPS) is 11.2. The van der Waals surface area contributed by atoms with Crippen molar-refractivity contribution < 1.29 is 0 Å². The minimum absolute atomic E-state index is 0.493. The number of hydrogen-bond donors (Lipinski definition) is 0. The predicted molar refractivity (Wildman–Crippen MR) is 63.6 cm³/mol. The van der Waals surface area contributed by atoms with Gasteiger partial charge in [-0.2, -0.15) is 0 Å². The molecule has 0 aromatic heterocycles. The molecule has 0 atom stereocenters. The van der Waals surface area contributed by atoms with Gasteiger partial charge in [0.2, 0.25) is 0 Å². The van der Waals surface area contributed by atoms with Gasteiger partial charge in [0.15, 0.2) is 0 Å². The van der Waals surface area contributed by atoms with Gasteiger partial charge in [-0.05, 0) is 39.3 Å². The monoisotopic (exact) mass is 189 g/mol. The summed E-state index contributed by atoms with van der Waals surface area (Å²) in [6.07, 6.45) is 4.21. The third-order valence-corrected chi connectivity index (χ3v) is 2.26. The molecule has 0 bridgehead atoms. The first kappa shape index (κ1) is 10.8. The van der Waals surface area contributed by atoms with Crippen molar-refractivity contribution in [3.63, 3.8) is 0 Å². The first-order chi connectivity index (χ1) is 6.66. The molecule has 0 N–H and O–H groups in total. The Morgan fingerprint density at radius 3 is 2.36 bits per heavy atom. The van der Waals surface area contributed by atoms with Gasteiger partial charge in [-0.3, -0.25) is 0 Å². The van der Waals surface area contributed by atoms with E-state index in [0.29, 0.717) is 6.04 Å². The smallest absolute Gasteiger partial charge is 0.0438 e. The maximum atomic E-state index is 2.29. The van der Waals surface area contributed by atoms with Crippen LogP contribution in [0.4, 0.5) is 5.69 Å². The maximum Gasteiger partial charge on any atom is 0.0438 e. The first-order valence-corrected chi connectivity index (χ1v) is 5.13. The molecule has 1 rings (SSSR count). The van der Waals surface area contributed by atoms with E-state index < -0.39 is 0 Å². The van der Waals surface area contributed by atoms with Crippen LogP contribution in [0, 0.1) is 6.92 Å². The zero-order valence-corrected chi connectivity index (χ0v) is 9.49. The molecule has 1 nitrogen and oxygen atoms in total. The number of benzene rings is 1. The molecule has 1 aromatic carbocycles. The number of hydrogen-bond acceptors (Lipinski definition) is 1. The summed E-state index contributed by atoms with van der Waals surface area (Å²) in [6, 6.07) is 8.96. The average molecular weight is 189 g/mol. The van der Waals surface area contributed by atoms with Crippen LogP contribution in [-0.2, 0) is 0 Å². The topological polar surface area (TPSA) is 3.24 Å². The van der Waals surface area contributed by atoms with Crippen LogP contribution in [0.25, 0.3) is 0 Å². The van der Waals surface area contributed by atoms with Crippen molar-refractivity contribution in [1.82, 2.24) is 0 Å². The van der Waals surface area contributed by atoms with Crippen molar-refractivity contribution >= 4 is 5.69 Å². The van der Waals surface area contributed by atoms with Crippen LogP contribution in [0.1, 0.15) is 26.3 Å². The molecule has 0 spiro atoms. The van der Waals surface area contributed by atoms with Crippen molar-refractivity contribution in [2.45, 2.75) is 33.7 Å². The standard InChI is InChI=1S/C13H19N/c1-5-10-14(11(2)3)13-9-7-6-8-12(13)4/h5-11H,1-4H3/b10-5-. The van der Waals surface area contributed by atoms with Crippen LogP contribution >= 0.6 is 0 Å². The van der Waals surface area contributed by atoms with E-state index in [2.05, 4.69) is 62.2 Å². The molecule has 0 radical (unpaired) electrons. The predicted octanol–water partition coefficient (Wildman–Crippen LogP) is 3.74. The molecule has 1 heteroatoms. The van der Waals surface area contributed by atoms with Gasteiger partial charge in [-0.1, -0.05) is 24.3 Å². The molecule has 0 amide bonds. The SMILES string of the molecule is C/C=C\N(c1ccccc1C)C(C)C. The van der Waals surface area contributed by atoms with E-state index in [1.165, 1.54) is 11.3 Å². The van der Waals surface area contributed by atoms with Gasteiger partial charge >= 0.3 is 0 Å². The van der Waals surface area contributed by atoms with E-state index >= 15 is 0 Å². The summed E-state index contributed by atoms with van der Waals surface area (Å²) >= 11 is 0. The summed E-state index contributed by atoms with van der Waals surface area (Å²) in [7, 11) is 0. The molecular formula is C13H19N. The fourth-order valence-corrected chi connectivity index (χ4v) is 1.54. The lowest BCUT2D eigenvalue weighted by atomic mass is 10.1. The van der Waals surface area contributed by atoms with Gasteiger partial charge < -0.3 is 4.90 Å². The van der Waals surface area contributed by atoms with Gasteiger partial charge in [0.25, 0.3) is 0 Å². The van der Waals surface area contributed by atoms with Gasteiger partial charge in [-0.25, -0.2) is 0 Å². The second kappa shape index (κ2) is 4.85. The molecule has 0 unspecified atom stereocenters. The molecule has 0 heterocycles. The summed E-state index contributed by atoms with van der Waals surface area (Å²) in [4.78, 5) is 2.29.